The van der Waals surface area contributed by atoms with Crippen LogP contribution in [0.1, 0.15) is 28.8 Å². The molecule has 2 aromatic rings. The van der Waals surface area contributed by atoms with Crippen LogP contribution in [-0.4, -0.2) is 29.8 Å². The lowest BCUT2D eigenvalue weighted by atomic mass is 9.95. The standard InChI is InChI=1S/C20H20ClFN2O2/c21-17-6-4-14(5-7-17)13-23-19(25)15-8-10-24(11-9-15)20(26)16-2-1-3-18(22)12-16/h1-7,12,15H,8-11,13H2,(H,23,25). The van der Waals surface area contributed by atoms with Gasteiger partial charge in [-0.25, -0.2) is 4.39 Å². The van der Waals surface area contributed by atoms with E-state index < -0.39 is 5.82 Å². The number of carbonyl (C=O) groups is 2. The Hall–Kier alpha value is -2.40. The lowest BCUT2D eigenvalue weighted by Crippen LogP contribution is -2.42. The molecule has 0 aliphatic carbocycles. The Balaban J connectivity index is 1.49. The van der Waals surface area contributed by atoms with Crippen LogP contribution in [0.25, 0.3) is 0 Å². The Kier molecular flexibility index (Phi) is 5.89. The van der Waals surface area contributed by atoms with Gasteiger partial charge in [0, 0.05) is 36.1 Å². The molecule has 136 valence electrons. The highest BCUT2D eigenvalue weighted by molar-refractivity contribution is 6.30. The van der Waals surface area contributed by atoms with Crippen LogP contribution < -0.4 is 5.32 Å². The van der Waals surface area contributed by atoms with Crippen molar-refractivity contribution in [3.05, 3.63) is 70.5 Å². The molecule has 1 fully saturated rings. The maximum atomic E-state index is 13.3. The summed E-state index contributed by atoms with van der Waals surface area (Å²) >= 11 is 5.85. The number of amides is 2. The summed E-state index contributed by atoms with van der Waals surface area (Å²) in [5, 5.41) is 3.60. The van der Waals surface area contributed by atoms with E-state index in [0.29, 0.717) is 43.1 Å². The largest absolute Gasteiger partial charge is 0.352 e. The number of hydrogen-bond donors (Lipinski definition) is 1. The van der Waals surface area contributed by atoms with Crippen LogP contribution >= 0.6 is 11.6 Å². The van der Waals surface area contributed by atoms with Crippen molar-refractivity contribution in [2.45, 2.75) is 19.4 Å². The van der Waals surface area contributed by atoms with Crippen molar-refractivity contribution < 1.29 is 14.0 Å². The summed E-state index contributed by atoms with van der Waals surface area (Å²) in [4.78, 5) is 26.4. The van der Waals surface area contributed by atoms with Crippen LogP contribution in [0.4, 0.5) is 4.39 Å². The number of carbonyl (C=O) groups excluding carboxylic acids is 2. The highest BCUT2D eigenvalue weighted by atomic mass is 35.5. The van der Waals surface area contributed by atoms with Crippen molar-refractivity contribution in [1.29, 1.82) is 0 Å². The van der Waals surface area contributed by atoms with Crippen molar-refractivity contribution in [2.24, 2.45) is 5.92 Å². The molecule has 6 heteroatoms. The third-order valence-electron chi connectivity index (χ3n) is 4.60. The van der Waals surface area contributed by atoms with Crippen LogP contribution in [-0.2, 0) is 11.3 Å². The van der Waals surface area contributed by atoms with E-state index >= 15 is 0 Å². The molecule has 0 saturated carbocycles. The number of halogens is 2. The molecule has 3 rings (SSSR count). The first-order valence-electron chi connectivity index (χ1n) is 8.60. The maximum absolute atomic E-state index is 13.3. The SMILES string of the molecule is O=C(NCc1ccc(Cl)cc1)C1CCN(C(=O)c2cccc(F)c2)CC1. The number of rotatable bonds is 4. The topological polar surface area (TPSA) is 49.4 Å². The molecule has 1 aliphatic heterocycles. The summed E-state index contributed by atoms with van der Waals surface area (Å²) in [5.41, 5.74) is 1.33. The fraction of sp³-hybridized carbons (Fsp3) is 0.300. The molecule has 4 nitrogen and oxygen atoms in total. The average Bonchev–Trinajstić information content (AvgIpc) is 2.67. The van der Waals surface area contributed by atoms with Gasteiger partial charge in [0.2, 0.25) is 5.91 Å². The zero-order chi connectivity index (χ0) is 18.5. The van der Waals surface area contributed by atoms with Crippen LogP contribution in [0.3, 0.4) is 0 Å². The van der Waals surface area contributed by atoms with Crippen molar-refractivity contribution in [3.8, 4) is 0 Å². The third kappa shape index (κ3) is 4.61. The second kappa shape index (κ2) is 8.32. The molecule has 1 saturated heterocycles. The highest BCUT2D eigenvalue weighted by Gasteiger charge is 2.27. The van der Waals surface area contributed by atoms with Gasteiger partial charge in [-0.05, 0) is 48.7 Å². The van der Waals surface area contributed by atoms with Gasteiger partial charge >= 0.3 is 0 Å². The monoisotopic (exact) mass is 374 g/mol. The van der Waals surface area contributed by atoms with E-state index in [-0.39, 0.29) is 17.7 Å². The van der Waals surface area contributed by atoms with Crippen molar-refractivity contribution >= 4 is 23.4 Å². The molecule has 1 aliphatic rings. The van der Waals surface area contributed by atoms with Gasteiger partial charge in [-0.2, -0.15) is 0 Å². The fourth-order valence-electron chi connectivity index (χ4n) is 3.08. The smallest absolute Gasteiger partial charge is 0.253 e. The molecule has 0 unspecified atom stereocenters. The van der Waals surface area contributed by atoms with Gasteiger partial charge in [0.25, 0.3) is 5.91 Å². The van der Waals surface area contributed by atoms with E-state index in [1.54, 1.807) is 23.1 Å². The molecule has 2 aromatic carbocycles. The van der Waals surface area contributed by atoms with Gasteiger partial charge < -0.3 is 10.2 Å². The van der Waals surface area contributed by atoms with Crippen LogP contribution in [0.5, 0.6) is 0 Å². The Morgan fingerprint density at radius 3 is 2.46 bits per heavy atom. The van der Waals surface area contributed by atoms with Gasteiger partial charge in [-0.3, -0.25) is 9.59 Å². The van der Waals surface area contributed by atoms with Crippen LogP contribution in [0.2, 0.25) is 5.02 Å². The Labute approximate surface area is 157 Å². The summed E-state index contributed by atoms with van der Waals surface area (Å²) in [6.07, 6.45) is 1.21. The quantitative estimate of drug-likeness (QED) is 0.888. The summed E-state index contributed by atoms with van der Waals surface area (Å²) in [6.45, 7) is 1.45. The number of likely N-dealkylation sites (tertiary alicyclic amines) is 1. The van der Waals surface area contributed by atoms with Crippen molar-refractivity contribution in [3.63, 3.8) is 0 Å². The van der Waals surface area contributed by atoms with Gasteiger partial charge in [0.1, 0.15) is 5.82 Å². The van der Waals surface area contributed by atoms with E-state index in [4.69, 9.17) is 11.6 Å². The number of benzene rings is 2. The predicted octanol–water partition coefficient (Wildman–Crippen LogP) is 3.65. The summed E-state index contributed by atoms with van der Waals surface area (Å²) in [5.74, 6) is -0.728. The molecular weight excluding hydrogens is 355 g/mol. The number of nitrogens with one attached hydrogen (secondary N) is 1. The van der Waals surface area contributed by atoms with Gasteiger partial charge in [-0.15, -0.1) is 0 Å². The molecule has 0 radical (unpaired) electrons. The molecule has 2 amide bonds. The van der Waals surface area contributed by atoms with Crippen LogP contribution in [0.15, 0.2) is 48.5 Å². The predicted molar refractivity (Wildman–Crippen MR) is 98.3 cm³/mol. The molecule has 1 heterocycles. The summed E-state index contributed by atoms with van der Waals surface area (Å²) in [7, 11) is 0. The highest BCUT2D eigenvalue weighted by Crippen LogP contribution is 2.20. The molecule has 0 aromatic heterocycles. The maximum Gasteiger partial charge on any atom is 0.253 e. The first-order valence-corrected chi connectivity index (χ1v) is 8.98. The van der Waals surface area contributed by atoms with E-state index in [1.165, 1.54) is 18.2 Å². The van der Waals surface area contributed by atoms with E-state index in [9.17, 15) is 14.0 Å². The molecule has 0 atom stereocenters. The lowest BCUT2D eigenvalue weighted by Gasteiger charge is -2.31. The first kappa shape index (κ1) is 18.4. The van der Waals surface area contributed by atoms with E-state index in [1.807, 2.05) is 12.1 Å². The minimum absolute atomic E-state index is 0.00203. The molecule has 0 spiro atoms. The van der Waals surface area contributed by atoms with Gasteiger partial charge in [-0.1, -0.05) is 29.8 Å². The normalized spacial score (nSPS) is 14.9. The van der Waals surface area contributed by atoms with Crippen molar-refractivity contribution in [2.75, 3.05) is 13.1 Å². The average molecular weight is 375 g/mol. The Morgan fingerprint density at radius 2 is 1.81 bits per heavy atom. The Morgan fingerprint density at radius 1 is 1.12 bits per heavy atom. The first-order chi connectivity index (χ1) is 12.5. The second-order valence-corrected chi connectivity index (χ2v) is 6.86. The zero-order valence-corrected chi connectivity index (χ0v) is 15.0. The molecule has 1 N–H and O–H groups in total. The Bertz CT molecular complexity index is 787. The van der Waals surface area contributed by atoms with Gasteiger partial charge in [0.05, 0.1) is 0 Å². The van der Waals surface area contributed by atoms with Gasteiger partial charge in [0.15, 0.2) is 0 Å². The molecule has 26 heavy (non-hydrogen) atoms. The summed E-state index contributed by atoms with van der Waals surface area (Å²) in [6, 6.07) is 13.0. The lowest BCUT2D eigenvalue weighted by molar-refractivity contribution is -0.126. The van der Waals surface area contributed by atoms with E-state index in [0.717, 1.165) is 5.56 Å². The molecular formula is C20H20ClFN2O2. The number of hydrogen-bond acceptors (Lipinski definition) is 2. The fourth-order valence-corrected chi connectivity index (χ4v) is 3.21. The zero-order valence-electron chi connectivity index (χ0n) is 14.3. The van der Waals surface area contributed by atoms with E-state index in [2.05, 4.69) is 5.32 Å². The molecule has 0 bridgehead atoms. The second-order valence-electron chi connectivity index (χ2n) is 6.42. The van der Waals surface area contributed by atoms with Crippen molar-refractivity contribution in [1.82, 2.24) is 10.2 Å². The third-order valence-corrected chi connectivity index (χ3v) is 4.86. The van der Waals surface area contributed by atoms with Crippen LogP contribution in [0, 0.1) is 11.7 Å². The number of piperidine rings is 1. The minimum Gasteiger partial charge on any atom is -0.352 e. The minimum atomic E-state index is -0.424. The number of nitrogens with zero attached hydrogens (tertiary/aromatic N) is 1. The summed E-state index contributed by atoms with van der Waals surface area (Å²) < 4.78 is 13.3.